The second kappa shape index (κ2) is 4.45. The molecular formula is C15H14N3+. The van der Waals surface area contributed by atoms with E-state index in [9.17, 15) is 0 Å². The molecule has 0 bridgehead atoms. The van der Waals surface area contributed by atoms with E-state index in [2.05, 4.69) is 21.8 Å². The Morgan fingerprint density at radius 3 is 2.56 bits per heavy atom. The van der Waals surface area contributed by atoms with Crippen LogP contribution in [0.2, 0.25) is 0 Å². The quantitative estimate of drug-likeness (QED) is 0.481. The van der Waals surface area contributed by atoms with Gasteiger partial charge in [-0.1, -0.05) is 52.2 Å². The molecule has 0 unspecified atom stereocenters. The van der Waals surface area contributed by atoms with Gasteiger partial charge in [0.2, 0.25) is 5.52 Å². The van der Waals surface area contributed by atoms with Crippen molar-refractivity contribution in [3.63, 3.8) is 0 Å². The monoisotopic (exact) mass is 236 g/mol. The van der Waals surface area contributed by atoms with Gasteiger partial charge in [0, 0.05) is 0 Å². The van der Waals surface area contributed by atoms with E-state index >= 15 is 0 Å². The predicted octanol–water partition coefficient (Wildman–Crippen LogP) is 2.35. The van der Waals surface area contributed by atoms with E-state index in [1.165, 1.54) is 5.52 Å². The van der Waals surface area contributed by atoms with Gasteiger partial charge in [-0.2, -0.15) is 0 Å². The number of fused-ring (bicyclic) bond motifs is 1. The first-order valence-electron chi connectivity index (χ1n) is 5.90. The van der Waals surface area contributed by atoms with Crippen LogP contribution in [-0.2, 0) is 7.05 Å². The highest BCUT2D eigenvalue weighted by atomic mass is 15.4. The molecule has 0 spiro atoms. The van der Waals surface area contributed by atoms with E-state index in [0.717, 1.165) is 11.1 Å². The Bertz CT molecular complexity index is 696. The molecule has 0 saturated carbocycles. The summed E-state index contributed by atoms with van der Waals surface area (Å²) in [5.41, 5.74) is 3.37. The molecule has 3 heteroatoms. The van der Waals surface area contributed by atoms with E-state index in [-0.39, 0.29) is 0 Å². The van der Waals surface area contributed by atoms with Gasteiger partial charge in [-0.05, 0) is 17.7 Å². The van der Waals surface area contributed by atoms with Crippen LogP contribution in [0.25, 0.3) is 11.0 Å². The molecule has 3 aromatic rings. The van der Waals surface area contributed by atoms with Gasteiger partial charge in [-0.3, -0.25) is 0 Å². The highest BCUT2D eigenvalue weighted by Crippen LogP contribution is 2.09. The minimum absolute atomic E-state index is 1.10. The molecule has 0 radical (unpaired) electrons. The minimum Gasteiger partial charge on any atom is -0.231 e. The average Bonchev–Trinajstić information content (AvgIpc) is 2.75. The maximum Gasteiger partial charge on any atom is 0.270 e. The number of nitrogens with zero attached hydrogens (tertiary/aromatic N) is 3. The number of imidazole rings is 1. The smallest absolute Gasteiger partial charge is 0.231 e. The summed E-state index contributed by atoms with van der Waals surface area (Å²) in [6.07, 6.45) is 3.84. The van der Waals surface area contributed by atoms with Crippen molar-refractivity contribution >= 4 is 17.2 Å². The summed E-state index contributed by atoms with van der Waals surface area (Å²) in [4.78, 5) is 0. The highest BCUT2D eigenvalue weighted by Gasteiger charge is 2.10. The minimum atomic E-state index is 1.10. The van der Waals surface area contributed by atoms with Crippen molar-refractivity contribution in [2.75, 3.05) is 0 Å². The molecule has 0 saturated heterocycles. The fraction of sp³-hybridized carbons (Fsp3) is 0.0667. The number of hydrogen-bond acceptors (Lipinski definition) is 1. The molecule has 2 aromatic carbocycles. The number of aromatic nitrogens is 2. The van der Waals surface area contributed by atoms with E-state index in [1.54, 1.807) is 0 Å². The Kier molecular flexibility index (Phi) is 2.65. The van der Waals surface area contributed by atoms with E-state index in [1.807, 2.05) is 66.7 Å². The summed E-state index contributed by atoms with van der Waals surface area (Å²) in [5, 5.41) is 4.50. The van der Waals surface area contributed by atoms with Gasteiger partial charge in [0.25, 0.3) is 6.33 Å². The summed E-state index contributed by atoms with van der Waals surface area (Å²) in [6, 6.07) is 18.3. The number of rotatable bonds is 2. The first-order valence-corrected chi connectivity index (χ1v) is 5.90. The lowest BCUT2D eigenvalue weighted by Gasteiger charge is -1.89. The van der Waals surface area contributed by atoms with Crippen LogP contribution < -0.4 is 4.57 Å². The Morgan fingerprint density at radius 2 is 1.72 bits per heavy atom. The van der Waals surface area contributed by atoms with Crippen LogP contribution in [0.5, 0.6) is 0 Å². The van der Waals surface area contributed by atoms with Crippen molar-refractivity contribution in [1.82, 2.24) is 4.68 Å². The van der Waals surface area contributed by atoms with E-state index in [0.29, 0.717) is 0 Å². The number of hydrogen-bond donors (Lipinski definition) is 0. The van der Waals surface area contributed by atoms with Gasteiger partial charge >= 0.3 is 0 Å². The molecule has 1 aromatic heterocycles. The van der Waals surface area contributed by atoms with Crippen LogP contribution >= 0.6 is 0 Å². The largest absolute Gasteiger partial charge is 0.270 e. The summed E-state index contributed by atoms with van der Waals surface area (Å²) in [5.74, 6) is 0. The van der Waals surface area contributed by atoms with Crippen molar-refractivity contribution in [3.05, 3.63) is 66.5 Å². The maximum absolute atomic E-state index is 4.50. The molecular weight excluding hydrogens is 222 g/mol. The van der Waals surface area contributed by atoms with Gasteiger partial charge in [-0.15, -0.1) is 0 Å². The molecule has 0 aliphatic carbocycles. The molecule has 88 valence electrons. The van der Waals surface area contributed by atoms with Crippen LogP contribution in [0.3, 0.4) is 0 Å². The summed E-state index contributed by atoms with van der Waals surface area (Å²) in [6.45, 7) is 0. The summed E-state index contributed by atoms with van der Waals surface area (Å²) >= 11 is 0. The SMILES string of the molecule is C[n+]1cn(/N=C\c2ccccc2)c2ccccc21. The summed E-state index contributed by atoms with van der Waals surface area (Å²) in [7, 11) is 2.02. The zero-order valence-corrected chi connectivity index (χ0v) is 10.2. The maximum atomic E-state index is 4.50. The van der Waals surface area contributed by atoms with Crippen molar-refractivity contribution in [1.29, 1.82) is 0 Å². The fourth-order valence-corrected chi connectivity index (χ4v) is 2.00. The molecule has 0 atom stereocenters. The van der Waals surface area contributed by atoms with E-state index in [4.69, 9.17) is 0 Å². The van der Waals surface area contributed by atoms with Crippen molar-refractivity contribution in [3.8, 4) is 0 Å². The van der Waals surface area contributed by atoms with Crippen LogP contribution in [0.4, 0.5) is 0 Å². The zero-order chi connectivity index (χ0) is 12.4. The molecule has 0 N–H and O–H groups in total. The topological polar surface area (TPSA) is 21.2 Å². The van der Waals surface area contributed by atoms with Gasteiger partial charge in [0.05, 0.1) is 13.3 Å². The Hall–Kier alpha value is -2.42. The average molecular weight is 236 g/mol. The molecule has 0 aliphatic heterocycles. The van der Waals surface area contributed by atoms with Gasteiger partial charge in [0.15, 0.2) is 5.52 Å². The zero-order valence-electron chi connectivity index (χ0n) is 10.2. The first kappa shape index (κ1) is 10.7. The van der Waals surface area contributed by atoms with Gasteiger partial charge in [-0.25, -0.2) is 4.57 Å². The lowest BCUT2D eigenvalue weighted by molar-refractivity contribution is -0.645. The van der Waals surface area contributed by atoms with Crippen molar-refractivity contribution in [2.45, 2.75) is 0 Å². The van der Waals surface area contributed by atoms with Crippen LogP contribution in [0, 0.1) is 0 Å². The fourth-order valence-electron chi connectivity index (χ4n) is 2.00. The second-order valence-corrected chi connectivity index (χ2v) is 4.21. The lowest BCUT2D eigenvalue weighted by Crippen LogP contribution is -2.25. The van der Waals surface area contributed by atoms with Gasteiger partial charge < -0.3 is 0 Å². The number of aryl methyl sites for hydroxylation is 1. The Balaban J connectivity index is 2.03. The molecule has 18 heavy (non-hydrogen) atoms. The Morgan fingerprint density at radius 1 is 1.00 bits per heavy atom. The summed E-state index contributed by atoms with van der Waals surface area (Å²) < 4.78 is 3.96. The molecule has 3 nitrogen and oxygen atoms in total. The van der Waals surface area contributed by atoms with Crippen LogP contribution in [0.1, 0.15) is 5.56 Å². The van der Waals surface area contributed by atoms with E-state index < -0.39 is 0 Å². The third-order valence-electron chi connectivity index (χ3n) is 2.92. The first-order chi connectivity index (χ1) is 8.84. The normalized spacial score (nSPS) is 11.4. The van der Waals surface area contributed by atoms with Gasteiger partial charge in [0.1, 0.15) is 0 Å². The molecule has 0 amide bonds. The highest BCUT2D eigenvalue weighted by molar-refractivity contribution is 5.80. The molecule has 0 fully saturated rings. The van der Waals surface area contributed by atoms with Crippen LogP contribution in [0.15, 0.2) is 66.0 Å². The van der Waals surface area contributed by atoms with Crippen molar-refractivity contribution < 1.29 is 4.57 Å². The van der Waals surface area contributed by atoms with Crippen LogP contribution in [-0.4, -0.2) is 10.9 Å². The molecule has 3 rings (SSSR count). The predicted molar refractivity (Wildman–Crippen MR) is 72.5 cm³/mol. The lowest BCUT2D eigenvalue weighted by atomic mass is 10.2. The standard InChI is InChI=1S/C15H14N3/c1-17-12-18(15-10-6-5-9-14(15)17)16-11-13-7-3-2-4-8-13/h2-12H,1H3/q+1/b16-11-. The third kappa shape index (κ3) is 1.91. The molecule has 0 aliphatic rings. The number of para-hydroxylation sites is 2. The van der Waals surface area contributed by atoms with Crippen molar-refractivity contribution in [2.24, 2.45) is 12.1 Å². The number of benzene rings is 2. The third-order valence-corrected chi connectivity index (χ3v) is 2.92. The molecule has 1 heterocycles. The second-order valence-electron chi connectivity index (χ2n) is 4.21. The Labute approximate surface area is 106 Å².